The highest BCUT2D eigenvalue weighted by molar-refractivity contribution is 6.68. The van der Waals surface area contributed by atoms with E-state index in [2.05, 4.69) is 15.3 Å². The van der Waals surface area contributed by atoms with Gasteiger partial charge in [0.15, 0.2) is 17.3 Å². The standard InChI is InChI=1S/C25H17ClF6N2O2.C19H13F6NO3.C19H15F6NO.C9H7F6N.C9H7NO4.C6H3Cl2NO/c26-22-20(8-3-11-33-22)23(36)34-18-7-1-4-15(12-18)9-10-19(35)14-21(25(30,31)32)16-5-2-6-17(13-16)24(27,28)29;20-18(21,22)14-5-2-4-13(10-14)17(19(23,24)25)11-16(27)8-7-12-3-1-6-15(9-12)26(28)29;20-18(21,22)14-5-2-4-13(10-14)17(19(23,24)25)11-16(27)8-7-12-3-1-6-15(26)9-12;10-8(11,12)6-3-1-2-5(4-6)7(16)9(13,14)15;11-9(12)5-4-7-2-1-3-8(6-7)10(13)14;7-5-4(6(8)10)2-1-3-9-5/h1-13,21H,14H2,(H,34,36);1-10,17H,11H2;1-10,17H,11,26H2;1-4,7H,16H2;1-6H,(H,11,12);1-3H/b10-9+;2*8-7+;;5-4+;. The van der Waals surface area contributed by atoms with E-state index in [4.69, 9.17) is 51.4 Å². The number of pyridine rings is 2. The van der Waals surface area contributed by atoms with Crippen molar-refractivity contribution in [1.82, 2.24) is 9.97 Å². The number of ketones is 3. The molecule has 45 heteroatoms. The van der Waals surface area contributed by atoms with E-state index in [0.29, 0.717) is 76.6 Å². The second-order valence-electron chi connectivity index (χ2n) is 26.9. The van der Waals surface area contributed by atoms with Gasteiger partial charge >= 0.3 is 55.4 Å². The second kappa shape index (κ2) is 47.8. The number of alkyl halides is 24. The van der Waals surface area contributed by atoms with E-state index in [1.54, 1.807) is 48.5 Å². The zero-order valence-corrected chi connectivity index (χ0v) is 68.4. The Morgan fingerprint density at radius 1 is 0.386 bits per heavy atom. The van der Waals surface area contributed by atoms with Crippen molar-refractivity contribution in [3.8, 4) is 0 Å². The molecule has 0 aliphatic carbocycles. The van der Waals surface area contributed by atoms with Crippen LogP contribution in [0, 0.1) is 20.2 Å². The highest BCUT2D eigenvalue weighted by atomic mass is 35.5. The number of allylic oxidation sites excluding steroid dienone is 3. The maximum Gasteiger partial charge on any atom is 0.416 e. The van der Waals surface area contributed by atoms with Crippen LogP contribution in [0.25, 0.3) is 24.3 Å². The zero-order valence-electron chi connectivity index (χ0n) is 66.2. The quantitative estimate of drug-likeness (QED) is 0.00880. The average Bonchev–Trinajstić information content (AvgIpc) is 0.792. The zero-order chi connectivity index (χ0) is 99.2. The van der Waals surface area contributed by atoms with Crippen molar-refractivity contribution in [2.45, 2.75) is 92.5 Å². The minimum absolute atomic E-state index is 0.00311. The van der Waals surface area contributed by atoms with Crippen LogP contribution in [0.4, 0.5) is 128 Å². The molecule has 2 heterocycles. The molecule has 0 radical (unpaired) electrons. The summed E-state index contributed by atoms with van der Waals surface area (Å²) in [5, 5.41) is 31.5. The first-order valence-electron chi connectivity index (χ1n) is 36.5. The first-order valence-corrected chi connectivity index (χ1v) is 37.7. The van der Waals surface area contributed by atoms with Crippen LogP contribution in [0.1, 0.15) is 131 Å². The number of nitrogens with zero attached hydrogens (tertiary/aromatic N) is 4. The summed E-state index contributed by atoms with van der Waals surface area (Å²) in [5.41, 5.74) is 5.39. The number of carbonyl (C=O) groups is 6. The third kappa shape index (κ3) is 37.1. The van der Waals surface area contributed by atoms with Gasteiger partial charge < -0.3 is 21.9 Å². The van der Waals surface area contributed by atoms with Crippen molar-refractivity contribution < 1.29 is 149 Å². The number of carbonyl (C=O) groups excluding carboxylic acids is 5. The first kappa shape index (κ1) is 109. The fourth-order valence-electron chi connectivity index (χ4n) is 10.9. The van der Waals surface area contributed by atoms with Gasteiger partial charge in [0.25, 0.3) is 22.5 Å². The number of non-ortho nitro benzene ring substituents is 2. The largest absolute Gasteiger partial charge is 0.478 e. The normalized spacial score (nSPS) is 12.9. The Morgan fingerprint density at radius 2 is 0.689 bits per heavy atom. The molecule has 0 aliphatic rings. The lowest BCUT2D eigenvalue weighted by Crippen LogP contribution is -2.28. The van der Waals surface area contributed by atoms with Crippen LogP contribution in [-0.4, -0.2) is 84.1 Å². The summed E-state index contributed by atoms with van der Waals surface area (Å²) in [6.07, 6.45) is -30.3. The van der Waals surface area contributed by atoms with Crippen LogP contribution in [0.3, 0.4) is 0 Å². The first-order chi connectivity index (χ1) is 61.1. The number of nitrogen functional groups attached to an aromatic ring is 1. The number of anilines is 2. The van der Waals surface area contributed by atoms with Gasteiger partial charge in [-0.25, -0.2) is 14.8 Å². The van der Waals surface area contributed by atoms with E-state index >= 15 is 0 Å². The number of hydrogen-bond acceptors (Lipinski definition) is 14. The van der Waals surface area contributed by atoms with Gasteiger partial charge in [0, 0.05) is 73.4 Å². The molecule has 0 saturated heterocycles. The number of nitrogens with two attached hydrogens (primary N) is 2. The molecule has 0 aliphatic heterocycles. The van der Waals surface area contributed by atoms with Crippen molar-refractivity contribution in [2.75, 3.05) is 11.1 Å². The van der Waals surface area contributed by atoms with Gasteiger partial charge in [0.1, 0.15) is 16.3 Å². The topological polar surface area (TPSA) is 299 Å². The second-order valence-corrected chi connectivity index (χ2v) is 27.9. The van der Waals surface area contributed by atoms with Gasteiger partial charge in [-0.1, -0.05) is 157 Å². The molecule has 0 saturated carbocycles. The maximum absolute atomic E-state index is 13.6. The van der Waals surface area contributed by atoms with E-state index in [0.717, 1.165) is 85.0 Å². The number of amides is 1. The molecule has 4 atom stereocenters. The Hall–Kier alpha value is -13.6. The molecule has 0 bridgehead atoms. The summed E-state index contributed by atoms with van der Waals surface area (Å²) in [6.45, 7) is 0. The molecule has 6 N–H and O–H groups in total. The summed E-state index contributed by atoms with van der Waals surface area (Å²) in [7, 11) is 0. The lowest BCUT2D eigenvalue weighted by Gasteiger charge is -2.20. The molecule has 132 heavy (non-hydrogen) atoms. The summed E-state index contributed by atoms with van der Waals surface area (Å²) in [4.78, 5) is 96.7. The number of nitro benzene ring substituents is 2. The highest BCUT2D eigenvalue weighted by Crippen LogP contribution is 2.44. The summed E-state index contributed by atoms with van der Waals surface area (Å²) < 4.78 is 309. The Kier molecular flexibility index (Phi) is 39.4. The van der Waals surface area contributed by atoms with E-state index < -0.39 is 181 Å². The Bertz CT molecular complexity index is 5820. The monoisotopic (exact) mass is 1940 g/mol. The molecule has 1 amide bonds. The number of carboxylic acids is 1. The predicted molar refractivity (Wildman–Crippen MR) is 438 cm³/mol. The van der Waals surface area contributed by atoms with E-state index in [9.17, 15) is 154 Å². The molecule has 10 rings (SSSR count). The van der Waals surface area contributed by atoms with Crippen LogP contribution in [0.5, 0.6) is 0 Å². The van der Waals surface area contributed by atoms with Crippen molar-refractivity contribution in [2.24, 2.45) is 5.73 Å². The van der Waals surface area contributed by atoms with Gasteiger partial charge in [-0.05, 0) is 159 Å². The number of carboxylic acid groups (broad SMARTS) is 1. The van der Waals surface area contributed by atoms with E-state index in [1.807, 2.05) is 0 Å². The number of nitrogens with one attached hydrogen (secondary N) is 1. The van der Waals surface area contributed by atoms with Gasteiger partial charge in [-0.15, -0.1) is 0 Å². The van der Waals surface area contributed by atoms with Gasteiger partial charge in [-0.2, -0.15) is 105 Å². The van der Waals surface area contributed by atoms with Crippen molar-refractivity contribution >= 4 is 116 Å². The molecular formula is C87H62Cl3F24N7O11. The van der Waals surface area contributed by atoms with Crippen LogP contribution in [0.2, 0.25) is 10.3 Å². The molecule has 8 aromatic carbocycles. The minimum atomic E-state index is -4.95. The summed E-state index contributed by atoms with van der Waals surface area (Å²) in [5.74, 6) is -11.6. The number of aliphatic carboxylic acids is 1. The number of rotatable bonds is 23. The molecule has 18 nitrogen and oxygen atoms in total. The smallest absolute Gasteiger partial charge is 0.416 e. The van der Waals surface area contributed by atoms with E-state index in [1.165, 1.54) is 97.4 Å². The third-order valence-electron chi connectivity index (χ3n) is 17.2. The third-order valence-corrected chi connectivity index (χ3v) is 18.0. The van der Waals surface area contributed by atoms with Crippen LogP contribution in [-0.2, 0) is 43.9 Å². The Labute approximate surface area is 744 Å². The highest BCUT2D eigenvalue weighted by Gasteiger charge is 2.46. The Balaban J connectivity index is 0.000000293. The molecule has 700 valence electrons. The lowest BCUT2D eigenvalue weighted by atomic mass is 9.91. The Morgan fingerprint density at radius 3 is 0.992 bits per heavy atom. The molecule has 0 fully saturated rings. The lowest BCUT2D eigenvalue weighted by molar-refractivity contribution is -0.385. The summed E-state index contributed by atoms with van der Waals surface area (Å²) >= 11 is 16.5. The fourth-order valence-corrected chi connectivity index (χ4v) is 11.5. The molecule has 0 spiro atoms. The summed E-state index contributed by atoms with van der Waals surface area (Å²) in [6, 6.07) is 38.4. The minimum Gasteiger partial charge on any atom is -0.478 e. The van der Waals surface area contributed by atoms with Crippen molar-refractivity contribution in [3.63, 3.8) is 0 Å². The predicted octanol–water partition coefficient (Wildman–Crippen LogP) is 25.9. The molecular weight excluding hydrogens is 1880 g/mol. The number of hydrogen-bond donors (Lipinski definition) is 4. The van der Waals surface area contributed by atoms with Crippen molar-refractivity contribution in [1.29, 1.82) is 0 Å². The number of aromatic nitrogens is 2. The number of halogens is 27. The molecule has 2 aromatic heterocycles. The van der Waals surface area contributed by atoms with Crippen LogP contribution < -0.4 is 16.8 Å². The maximum atomic E-state index is 13.6. The van der Waals surface area contributed by atoms with E-state index in [-0.39, 0.29) is 38.4 Å². The SMILES string of the molecule is NC(c1cccc(C(F)(F)F)c1)C(F)(F)F.Nc1cccc(/C=C/C(=O)CC(c2cccc(C(F)(F)F)c2)C(F)(F)F)c1.O=C(/C=C/c1cccc(NC(=O)c2cccnc2Cl)c1)CC(c1cccc(C(F)(F)F)c1)C(F)(F)F.O=C(/C=C/c1cccc([N+](=O)[O-])c1)CC(c1cccc(C(F)(F)F)c1)C(F)(F)F.O=C(Cl)c1cccnc1Cl.O=C(O)/C=C/c1cccc([N+](=O)[O-])c1. The fraction of sp³-hybridized carbons (Fsp3) is 0.172. The van der Waals surface area contributed by atoms with Gasteiger partial charge in [-0.3, -0.25) is 44.2 Å². The molecule has 4 unspecified atom stereocenters. The number of nitro groups is 2. The number of benzene rings is 8. The van der Waals surface area contributed by atoms with Crippen LogP contribution >= 0.6 is 34.8 Å². The van der Waals surface area contributed by atoms with Crippen molar-refractivity contribution in [3.05, 3.63) is 364 Å². The molecule has 10 aromatic rings. The van der Waals surface area contributed by atoms with Gasteiger partial charge in [0.05, 0.1) is 61.0 Å². The average molecular weight is 1940 g/mol. The van der Waals surface area contributed by atoms with Gasteiger partial charge in [0.2, 0.25) is 0 Å². The van der Waals surface area contributed by atoms with Crippen LogP contribution in [0.15, 0.2) is 255 Å².